The van der Waals surface area contributed by atoms with Crippen molar-refractivity contribution >= 4 is 34.8 Å². The second-order valence-electron chi connectivity index (χ2n) is 3.10. The van der Waals surface area contributed by atoms with Crippen molar-refractivity contribution in [3.05, 3.63) is 39.5 Å². The highest BCUT2D eigenvalue weighted by Gasteiger charge is 2.09. The smallest absolute Gasteiger partial charge is 0.127 e. The van der Waals surface area contributed by atoms with Gasteiger partial charge in [-0.05, 0) is 18.2 Å². The Morgan fingerprint density at radius 3 is 2.40 bits per heavy atom. The summed E-state index contributed by atoms with van der Waals surface area (Å²) >= 11 is 17.7. The van der Waals surface area contributed by atoms with E-state index in [0.717, 1.165) is 11.3 Å². The second kappa shape index (κ2) is 4.05. The van der Waals surface area contributed by atoms with Gasteiger partial charge in [-0.25, -0.2) is 0 Å². The summed E-state index contributed by atoms with van der Waals surface area (Å²) in [5.74, 6) is 0. The van der Waals surface area contributed by atoms with E-state index in [-0.39, 0.29) is 0 Å². The van der Waals surface area contributed by atoms with Gasteiger partial charge in [0, 0.05) is 23.7 Å². The van der Waals surface area contributed by atoms with E-state index in [1.807, 2.05) is 6.07 Å². The molecule has 2 rings (SSSR count). The molecule has 0 radical (unpaired) electrons. The fraction of sp³-hybridized carbons (Fsp3) is 0.100. The van der Waals surface area contributed by atoms with Gasteiger partial charge >= 0.3 is 0 Å². The summed E-state index contributed by atoms with van der Waals surface area (Å²) in [7, 11) is 1.77. The van der Waals surface area contributed by atoms with Gasteiger partial charge in [0.15, 0.2) is 0 Å². The molecule has 0 fully saturated rings. The van der Waals surface area contributed by atoms with Crippen molar-refractivity contribution in [2.24, 2.45) is 7.05 Å². The lowest BCUT2D eigenvalue weighted by molar-refractivity contribution is 0.772. The zero-order valence-electron chi connectivity index (χ0n) is 7.84. The van der Waals surface area contributed by atoms with E-state index in [2.05, 4.69) is 5.10 Å². The molecule has 2 nitrogen and oxygen atoms in total. The Labute approximate surface area is 102 Å². The molecule has 0 saturated carbocycles. The molecular formula is C10H7Cl3N2. The first-order valence-corrected chi connectivity index (χ1v) is 5.36. The summed E-state index contributed by atoms with van der Waals surface area (Å²) < 4.78 is 1.59. The molecule has 1 heterocycles. The number of hydrogen-bond donors (Lipinski definition) is 0. The molecule has 1 aromatic carbocycles. The largest absolute Gasteiger partial charge is 0.256 e. The first kappa shape index (κ1) is 10.8. The number of nitrogens with zero attached hydrogens (tertiary/aromatic N) is 2. The fourth-order valence-corrected chi connectivity index (χ4v) is 1.92. The van der Waals surface area contributed by atoms with Crippen molar-refractivity contribution in [1.29, 1.82) is 0 Å². The van der Waals surface area contributed by atoms with Gasteiger partial charge in [0.1, 0.15) is 5.15 Å². The maximum Gasteiger partial charge on any atom is 0.127 e. The summed E-state index contributed by atoms with van der Waals surface area (Å²) in [4.78, 5) is 0. The van der Waals surface area contributed by atoms with Crippen molar-refractivity contribution in [3.63, 3.8) is 0 Å². The van der Waals surface area contributed by atoms with E-state index in [1.165, 1.54) is 0 Å². The Bertz CT molecular complexity index is 486. The van der Waals surface area contributed by atoms with Crippen molar-refractivity contribution in [2.75, 3.05) is 0 Å². The van der Waals surface area contributed by atoms with Gasteiger partial charge in [0.25, 0.3) is 0 Å². The molecule has 0 N–H and O–H groups in total. The normalized spacial score (nSPS) is 10.7. The van der Waals surface area contributed by atoms with Gasteiger partial charge in [-0.15, -0.1) is 0 Å². The number of rotatable bonds is 1. The van der Waals surface area contributed by atoms with Crippen molar-refractivity contribution in [2.45, 2.75) is 0 Å². The Kier molecular flexibility index (Phi) is 2.91. The van der Waals surface area contributed by atoms with Crippen LogP contribution in [0, 0.1) is 0 Å². The van der Waals surface area contributed by atoms with Crippen molar-refractivity contribution in [3.8, 4) is 11.3 Å². The summed E-state index contributed by atoms with van der Waals surface area (Å²) in [5.41, 5.74) is 1.56. The van der Waals surface area contributed by atoms with E-state index in [9.17, 15) is 0 Å². The molecule has 0 spiro atoms. The highest BCUT2D eigenvalue weighted by molar-refractivity contribution is 6.36. The third-order valence-electron chi connectivity index (χ3n) is 2.03. The molecule has 0 aliphatic heterocycles. The summed E-state index contributed by atoms with van der Waals surface area (Å²) in [6, 6.07) is 7.03. The van der Waals surface area contributed by atoms with Crippen LogP contribution in [0.25, 0.3) is 11.3 Å². The topological polar surface area (TPSA) is 17.8 Å². The molecule has 78 valence electrons. The molecule has 0 atom stereocenters. The van der Waals surface area contributed by atoms with Crippen LogP contribution in [0.1, 0.15) is 0 Å². The van der Waals surface area contributed by atoms with Crippen LogP contribution in [0.4, 0.5) is 0 Å². The zero-order valence-corrected chi connectivity index (χ0v) is 10.1. The highest BCUT2D eigenvalue weighted by atomic mass is 35.5. The average molecular weight is 262 g/mol. The van der Waals surface area contributed by atoms with Crippen molar-refractivity contribution in [1.82, 2.24) is 9.78 Å². The maximum absolute atomic E-state index is 6.05. The average Bonchev–Trinajstić information content (AvgIpc) is 2.46. The third-order valence-corrected chi connectivity index (χ3v) is 2.93. The lowest BCUT2D eigenvalue weighted by Crippen LogP contribution is -1.90. The molecule has 0 bridgehead atoms. The summed E-state index contributed by atoms with van der Waals surface area (Å²) in [6.45, 7) is 0. The van der Waals surface area contributed by atoms with E-state index >= 15 is 0 Å². The Morgan fingerprint density at radius 2 is 1.87 bits per heavy atom. The van der Waals surface area contributed by atoms with E-state index in [1.54, 1.807) is 29.9 Å². The Morgan fingerprint density at radius 1 is 1.13 bits per heavy atom. The van der Waals surface area contributed by atoms with Gasteiger partial charge < -0.3 is 0 Å². The Balaban J connectivity index is 2.54. The first-order valence-electron chi connectivity index (χ1n) is 4.23. The molecule has 15 heavy (non-hydrogen) atoms. The van der Waals surface area contributed by atoms with Crippen LogP contribution >= 0.6 is 34.8 Å². The minimum absolute atomic E-state index is 0.566. The van der Waals surface area contributed by atoms with Gasteiger partial charge in [-0.3, -0.25) is 4.68 Å². The quantitative estimate of drug-likeness (QED) is 0.757. The van der Waals surface area contributed by atoms with Crippen molar-refractivity contribution < 1.29 is 0 Å². The van der Waals surface area contributed by atoms with Crippen LogP contribution in [0.5, 0.6) is 0 Å². The highest BCUT2D eigenvalue weighted by Crippen LogP contribution is 2.30. The Hall–Kier alpha value is -0.700. The third kappa shape index (κ3) is 2.12. The summed E-state index contributed by atoms with van der Waals surface area (Å²) in [5, 5.41) is 5.96. The van der Waals surface area contributed by atoms with Gasteiger partial charge in [0.2, 0.25) is 0 Å². The van der Waals surface area contributed by atoms with Gasteiger partial charge in [0.05, 0.1) is 10.7 Å². The number of hydrogen-bond acceptors (Lipinski definition) is 1. The number of aromatic nitrogens is 2. The lowest BCUT2D eigenvalue weighted by Gasteiger charge is -2.00. The van der Waals surface area contributed by atoms with Crippen LogP contribution < -0.4 is 0 Å². The van der Waals surface area contributed by atoms with E-state index in [0.29, 0.717) is 15.2 Å². The fourth-order valence-electron chi connectivity index (χ4n) is 1.27. The number of halogens is 3. The minimum Gasteiger partial charge on any atom is -0.256 e. The van der Waals surface area contributed by atoms with Crippen LogP contribution in [-0.4, -0.2) is 9.78 Å². The molecule has 5 heteroatoms. The second-order valence-corrected chi connectivity index (χ2v) is 4.33. The predicted octanol–water partition coefficient (Wildman–Crippen LogP) is 4.05. The standard InChI is InChI=1S/C10H7Cl3N2/c1-15-10(13)5-9(14-15)7-3-2-6(11)4-8(7)12/h2-5H,1H3. The van der Waals surface area contributed by atoms with E-state index in [4.69, 9.17) is 34.8 Å². The lowest BCUT2D eigenvalue weighted by atomic mass is 10.1. The molecule has 0 aliphatic rings. The minimum atomic E-state index is 0.566. The first-order chi connectivity index (χ1) is 7.08. The van der Waals surface area contributed by atoms with Gasteiger partial charge in [-0.2, -0.15) is 5.10 Å². The molecule has 0 saturated heterocycles. The monoisotopic (exact) mass is 260 g/mol. The SMILES string of the molecule is Cn1nc(-c2ccc(Cl)cc2Cl)cc1Cl. The van der Waals surface area contributed by atoms with Crippen LogP contribution in [0.3, 0.4) is 0 Å². The van der Waals surface area contributed by atoms with Crippen LogP contribution in [0.15, 0.2) is 24.3 Å². The van der Waals surface area contributed by atoms with E-state index < -0.39 is 0 Å². The zero-order chi connectivity index (χ0) is 11.0. The molecule has 2 aromatic rings. The molecular weight excluding hydrogens is 254 g/mol. The van der Waals surface area contributed by atoms with Crippen LogP contribution in [-0.2, 0) is 7.05 Å². The molecule has 0 unspecified atom stereocenters. The molecule has 0 amide bonds. The number of aryl methyl sites for hydroxylation is 1. The molecule has 0 aliphatic carbocycles. The number of benzene rings is 1. The predicted molar refractivity (Wildman–Crippen MR) is 63.7 cm³/mol. The molecule has 1 aromatic heterocycles. The van der Waals surface area contributed by atoms with Gasteiger partial charge in [-0.1, -0.05) is 34.8 Å². The van der Waals surface area contributed by atoms with Crippen LogP contribution in [0.2, 0.25) is 15.2 Å². The maximum atomic E-state index is 6.05. The summed E-state index contributed by atoms with van der Waals surface area (Å²) in [6.07, 6.45) is 0.